The van der Waals surface area contributed by atoms with Gasteiger partial charge in [-0.1, -0.05) is 97.1 Å². The Hall–Kier alpha value is -6.39. The van der Waals surface area contributed by atoms with Crippen LogP contribution >= 0.6 is 0 Å². The van der Waals surface area contributed by atoms with Gasteiger partial charge in [-0.25, -0.2) is 4.98 Å². The van der Waals surface area contributed by atoms with Crippen molar-refractivity contribution in [2.24, 2.45) is 0 Å². The number of hydrogen-bond acceptors (Lipinski definition) is 1. The molecule has 7 aromatic carbocycles. The largest absolute Gasteiger partial charge is 0.309 e. The molecule has 11 rings (SSSR count). The average Bonchev–Trinajstić information content (AvgIpc) is 3.80. The molecule has 0 fully saturated rings. The second-order valence-electron chi connectivity index (χ2n) is 12.4. The molecule has 0 aliphatic rings. The topological polar surface area (TPSA) is 27.2 Å². The van der Waals surface area contributed by atoms with Gasteiger partial charge in [0.2, 0.25) is 0 Å². The van der Waals surface area contributed by atoms with Crippen LogP contribution in [0.3, 0.4) is 0 Å². The Morgan fingerprint density at radius 3 is 1.66 bits per heavy atom. The highest BCUT2D eigenvalue weighted by atomic mass is 15.0. The van der Waals surface area contributed by atoms with E-state index >= 15 is 0 Å². The first kappa shape index (κ1) is 24.9. The summed E-state index contributed by atoms with van der Waals surface area (Å²) in [5.74, 6) is 0. The molecule has 0 amide bonds. The summed E-state index contributed by atoms with van der Waals surface area (Å²) in [6, 6.07) is 56.8. The lowest BCUT2D eigenvalue weighted by atomic mass is 9.98. The van der Waals surface area contributed by atoms with E-state index in [-0.39, 0.29) is 0 Å². The van der Waals surface area contributed by atoms with Gasteiger partial charge in [-0.3, -0.25) is 4.40 Å². The number of para-hydroxylation sites is 6. The summed E-state index contributed by atoms with van der Waals surface area (Å²) in [4.78, 5) is 5.39. The van der Waals surface area contributed by atoms with Crippen molar-refractivity contribution in [3.8, 4) is 11.4 Å². The fourth-order valence-electron chi connectivity index (χ4n) is 8.14. The van der Waals surface area contributed by atoms with E-state index in [0.717, 1.165) is 39.0 Å². The standard InChI is InChI=1S/C43H26N4/c1-3-13-27(14-4-1)45-35-21-11-8-18-31(35)39-37(45)25-26-38-40(39)32-24-23-30-29-17-7-10-20-34(29)46(28-15-5-2-6-16-28)42(30)41(32)43-44-33-19-9-12-22-36(33)47(38)43/h1-26H. The van der Waals surface area contributed by atoms with Gasteiger partial charge in [0, 0.05) is 38.3 Å². The predicted molar refractivity (Wildman–Crippen MR) is 196 cm³/mol. The maximum atomic E-state index is 5.39. The molecule has 0 aliphatic carbocycles. The lowest BCUT2D eigenvalue weighted by Gasteiger charge is -2.14. The minimum Gasteiger partial charge on any atom is -0.309 e. The third-order valence-corrected chi connectivity index (χ3v) is 9.98. The molecule has 0 unspecified atom stereocenters. The number of pyridine rings is 1. The highest BCUT2D eigenvalue weighted by Crippen LogP contribution is 2.45. The van der Waals surface area contributed by atoms with Crippen LogP contribution in [0.25, 0.3) is 93.3 Å². The zero-order valence-electron chi connectivity index (χ0n) is 25.3. The number of fused-ring (bicyclic) bond motifs is 16. The van der Waals surface area contributed by atoms with Crippen molar-refractivity contribution >= 4 is 82.0 Å². The van der Waals surface area contributed by atoms with E-state index in [1.807, 2.05) is 0 Å². The van der Waals surface area contributed by atoms with Gasteiger partial charge in [-0.05, 0) is 66.0 Å². The first-order chi connectivity index (χ1) is 23.4. The van der Waals surface area contributed by atoms with E-state index in [2.05, 4.69) is 171 Å². The van der Waals surface area contributed by atoms with Crippen LogP contribution in [0.1, 0.15) is 0 Å². The second kappa shape index (κ2) is 9.09. The first-order valence-corrected chi connectivity index (χ1v) is 16.1. The van der Waals surface area contributed by atoms with Crippen molar-refractivity contribution in [1.82, 2.24) is 18.5 Å². The van der Waals surface area contributed by atoms with Gasteiger partial charge >= 0.3 is 0 Å². The van der Waals surface area contributed by atoms with Crippen LogP contribution in [0.4, 0.5) is 0 Å². The Morgan fingerprint density at radius 1 is 0.340 bits per heavy atom. The Balaban J connectivity index is 1.48. The first-order valence-electron chi connectivity index (χ1n) is 16.1. The Morgan fingerprint density at radius 2 is 0.894 bits per heavy atom. The lowest BCUT2D eigenvalue weighted by Crippen LogP contribution is -1.98. The molecule has 0 bridgehead atoms. The molecule has 4 heteroatoms. The van der Waals surface area contributed by atoms with E-state index in [4.69, 9.17) is 4.98 Å². The molecule has 0 spiro atoms. The van der Waals surface area contributed by atoms with Crippen LogP contribution in [0.2, 0.25) is 0 Å². The zero-order chi connectivity index (χ0) is 30.6. The summed E-state index contributed by atoms with van der Waals surface area (Å²) in [6.07, 6.45) is 0. The van der Waals surface area contributed by atoms with Gasteiger partial charge in [0.05, 0.1) is 44.0 Å². The molecule has 0 atom stereocenters. The van der Waals surface area contributed by atoms with E-state index in [0.29, 0.717) is 0 Å². The number of aromatic nitrogens is 4. The minimum atomic E-state index is 0.977. The number of imidazole rings is 1. The number of nitrogens with zero attached hydrogens (tertiary/aromatic N) is 4. The molecule has 0 radical (unpaired) electrons. The monoisotopic (exact) mass is 598 g/mol. The van der Waals surface area contributed by atoms with Crippen LogP contribution in [0.15, 0.2) is 158 Å². The molecule has 4 heterocycles. The summed E-state index contributed by atoms with van der Waals surface area (Å²) in [6.45, 7) is 0. The van der Waals surface area contributed by atoms with E-state index < -0.39 is 0 Å². The molecule has 0 N–H and O–H groups in total. The van der Waals surface area contributed by atoms with Crippen molar-refractivity contribution < 1.29 is 0 Å². The fourth-order valence-corrected chi connectivity index (χ4v) is 8.14. The predicted octanol–water partition coefficient (Wildman–Crippen LogP) is 11.0. The Kier molecular flexibility index (Phi) is 4.81. The summed E-state index contributed by atoms with van der Waals surface area (Å²) in [5, 5.41) is 8.57. The van der Waals surface area contributed by atoms with Gasteiger partial charge < -0.3 is 9.13 Å². The Bertz CT molecular complexity index is 3050. The normalized spacial score (nSPS) is 12.3. The fraction of sp³-hybridized carbons (Fsp3) is 0. The zero-order valence-corrected chi connectivity index (χ0v) is 25.3. The van der Waals surface area contributed by atoms with Crippen LogP contribution in [-0.2, 0) is 0 Å². The van der Waals surface area contributed by atoms with Gasteiger partial charge in [-0.15, -0.1) is 0 Å². The second-order valence-corrected chi connectivity index (χ2v) is 12.4. The van der Waals surface area contributed by atoms with Gasteiger partial charge in [0.15, 0.2) is 0 Å². The number of rotatable bonds is 2. The van der Waals surface area contributed by atoms with E-state index in [9.17, 15) is 0 Å². The molecule has 4 nitrogen and oxygen atoms in total. The molecular formula is C43H26N4. The van der Waals surface area contributed by atoms with Crippen molar-refractivity contribution in [3.05, 3.63) is 158 Å². The number of hydrogen-bond donors (Lipinski definition) is 0. The van der Waals surface area contributed by atoms with Crippen molar-refractivity contribution in [2.45, 2.75) is 0 Å². The van der Waals surface area contributed by atoms with Crippen LogP contribution in [0, 0.1) is 0 Å². The molecule has 4 aromatic heterocycles. The summed E-state index contributed by atoms with van der Waals surface area (Å²) < 4.78 is 7.24. The Labute approximate surface area is 268 Å². The smallest absolute Gasteiger partial charge is 0.148 e. The van der Waals surface area contributed by atoms with Gasteiger partial charge in [0.25, 0.3) is 0 Å². The molecule has 0 saturated carbocycles. The highest BCUT2D eigenvalue weighted by molar-refractivity contribution is 6.34. The average molecular weight is 599 g/mol. The maximum Gasteiger partial charge on any atom is 0.148 e. The van der Waals surface area contributed by atoms with Crippen molar-refractivity contribution in [3.63, 3.8) is 0 Å². The van der Waals surface area contributed by atoms with Crippen molar-refractivity contribution in [1.29, 1.82) is 0 Å². The van der Waals surface area contributed by atoms with Crippen LogP contribution < -0.4 is 0 Å². The molecule has 218 valence electrons. The molecule has 0 saturated heterocycles. The molecule has 11 aromatic rings. The minimum absolute atomic E-state index is 0.977. The lowest BCUT2D eigenvalue weighted by molar-refractivity contribution is 1.18. The third kappa shape index (κ3) is 3.19. The van der Waals surface area contributed by atoms with Gasteiger partial charge in [-0.2, -0.15) is 0 Å². The summed E-state index contributed by atoms with van der Waals surface area (Å²) in [7, 11) is 0. The van der Waals surface area contributed by atoms with Crippen molar-refractivity contribution in [2.75, 3.05) is 0 Å². The molecule has 47 heavy (non-hydrogen) atoms. The van der Waals surface area contributed by atoms with E-state index in [1.54, 1.807) is 0 Å². The summed E-state index contributed by atoms with van der Waals surface area (Å²) in [5.41, 5.74) is 11.3. The maximum absolute atomic E-state index is 5.39. The van der Waals surface area contributed by atoms with E-state index in [1.165, 1.54) is 54.4 Å². The summed E-state index contributed by atoms with van der Waals surface area (Å²) >= 11 is 0. The quantitative estimate of drug-likeness (QED) is 0.182. The SMILES string of the molecule is c1ccc(-n2c3ccccc3c3c4c5ccc6c7ccccc7n(-c7ccccc7)c6c5c5nc6ccccc6n5c4ccc32)cc1. The highest BCUT2D eigenvalue weighted by Gasteiger charge is 2.24. The molecule has 0 aliphatic heterocycles. The molecular weight excluding hydrogens is 573 g/mol. The third-order valence-electron chi connectivity index (χ3n) is 9.98. The van der Waals surface area contributed by atoms with Crippen LogP contribution in [0.5, 0.6) is 0 Å². The number of benzene rings is 7. The van der Waals surface area contributed by atoms with Crippen LogP contribution in [-0.4, -0.2) is 18.5 Å². The van der Waals surface area contributed by atoms with Gasteiger partial charge in [0.1, 0.15) is 5.65 Å².